The van der Waals surface area contributed by atoms with Crippen LogP contribution in [-0.4, -0.2) is 15.8 Å². The summed E-state index contributed by atoms with van der Waals surface area (Å²) in [5.41, 5.74) is 6.25. The summed E-state index contributed by atoms with van der Waals surface area (Å²) in [7, 11) is 0. The highest BCUT2D eigenvalue weighted by Crippen LogP contribution is 2.12. The van der Waals surface area contributed by atoms with E-state index in [0.717, 1.165) is 5.69 Å². The molecule has 0 radical (unpaired) electrons. The minimum Gasteiger partial charge on any atom is -0.314 e. The SMILES string of the molecule is Cc1c(Cl)cnn1CC(N)C#N. The fourth-order valence-electron chi connectivity index (χ4n) is 0.835. The van der Waals surface area contributed by atoms with Crippen molar-refractivity contribution in [3.63, 3.8) is 0 Å². The van der Waals surface area contributed by atoms with Crippen LogP contribution >= 0.6 is 11.6 Å². The maximum absolute atomic E-state index is 8.44. The molecule has 1 rings (SSSR count). The number of aromatic nitrogens is 2. The van der Waals surface area contributed by atoms with Crippen molar-refractivity contribution in [3.8, 4) is 6.07 Å². The first kappa shape index (κ1) is 9.04. The van der Waals surface area contributed by atoms with Gasteiger partial charge in [0.15, 0.2) is 0 Å². The molecule has 0 fully saturated rings. The Kier molecular flexibility index (Phi) is 2.69. The minimum absolute atomic E-state index is 0.384. The third-order valence-electron chi connectivity index (χ3n) is 1.58. The highest BCUT2D eigenvalue weighted by molar-refractivity contribution is 6.31. The topological polar surface area (TPSA) is 67.6 Å². The molecular formula is C7H9ClN4. The molecule has 64 valence electrons. The Morgan fingerprint density at radius 2 is 2.58 bits per heavy atom. The molecule has 0 aliphatic heterocycles. The number of hydrogen-bond acceptors (Lipinski definition) is 3. The zero-order valence-electron chi connectivity index (χ0n) is 6.66. The molecule has 1 unspecified atom stereocenters. The van der Waals surface area contributed by atoms with Crippen LogP contribution in [0, 0.1) is 18.3 Å². The van der Waals surface area contributed by atoms with Crippen LogP contribution in [0.25, 0.3) is 0 Å². The first-order chi connectivity index (χ1) is 5.65. The number of nitriles is 1. The van der Waals surface area contributed by atoms with Crippen molar-refractivity contribution in [1.82, 2.24) is 9.78 Å². The third kappa shape index (κ3) is 1.76. The van der Waals surface area contributed by atoms with Crippen LogP contribution in [0.3, 0.4) is 0 Å². The van der Waals surface area contributed by atoms with Crippen molar-refractivity contribution in [1.29, 1.82) is 5.26 Å². The van der Waals surface area contributed by atoms with Crippen LogP contribution in [0.15, 0.2) is 6.20 Å². The molecule has 0 aliphatic carbocycles. The van der Waals surface area contributed by atoms with E-state index in [4.69, 9.17) is 22.6 Å². The van der Waals surface area contributed by atoms with E-state index >= 15 is 0 Å². The van der Waals surface area contributed by atoms with E-state index < -0.39 is 6.04 Å². The molecule has 0 bridgehead atoms. The van der Waals surface area contributed by atoms with Crippen molar-refractivity contribution in [2.24, 2.45) is 5.73 Å². The van der Waals surface area contributed by atoms with Gasteiger partial charge in [0.2, 0.25) is 0 Å². The molecule has 0 saturated carbocycles. The van der Waals surface area contributed by atoms with E-state index in [1.54, 1.807) is 10.9 Å². The first-order valence-corrected chi connectivity index (χ1v) is 3.86. The molecule has 12 heavy (non-hydrogen) atoms. The average molecular weight is 185 g/mol. The van der Waals surface area contributed by atoms with Crippen molar-refractivity contribution >= 4 is 11.6 Å². The summed E-state index contributed by atoms with van der Waals surface area (Å²) in [4.78, 5) is 0. The lowest BCUT2D eigenvalue weighted by Crippen LogP contribution is -2.25. The predicted octanol–water partition coefficient (Wildman–Crippen LogP) is 0.696. The number of rotatable bonds is 2. The average Bonchev–Trinajstić information content (AvgIpc) is 2.36. The Balaban J connectivity index is 2.77. The summed E-state index contributed by atoms with van der Waals surface area (Å²) in [6.45, 7) is 2.22. The van der Waals surface area contributed by atoms with Gasteiger partial charge in [-0.1, -0.05) is 11.6 Å². The summed E-state index contributed by atoms with van der Waals surface area (Å²) in [6.07, 6.45) is 1.54. The summed E-state index contributed by atoms with van der Waals surface area (Å²) in [6, 6.07) is 1.40. The monoisotopic (exact) mass is 184 g/mol. The Morgan fingerprint density at radius 1 is 1.92 bits per heavy atom. The van der Waals surface area contributed by atoms with E-state index in [-0.39, 0.29) is 0 Å². The van der Waals surface area contributed by atoms with Gasteiger partial charge < -0.3 is 5.73 Å². The predicted molar refractivity (Wildman–Crippen MR) is 45.6 cm³/mol. The molecule has 1 atom stereocenters. The standard InChI is InChI=1S/C7H9ClN4/c1-5-7(8)3-11-12(5)4-6(10)2-9/h3,6H,4,10H2,1H3. The van der Waals surface area contributed by atoms with Gasteiger partial charge in [0, 0.05) is 0 Å². The Hall–Kier alpha value is -1.05. The fourth-order valence-corrected chi connectivity index (χ4v) is 0.976. The molecule has 0 amide bonds. The van der Waals surface area contributed by atoms with Crippen LogP contribution in [0.1, 0.15) is 5.69 Å². The van der Waals surface area contributed by atoms with Crippen LogP contribution in [0.4, 0.5) is 0 Å². The van der Waals surface area contributed by atoms with E-state index in [0.29, 0.717) is 11.6 Å². The highest BCUT2D eigenvalue weighted by Gasteiger charge is 2.07. The van der Waals surface area contributed by atoms with Gasteiger partial charge >= 0.3 is 0 Å². The summed E-state index contributed by atoms with van der Waals surface area (Å²) >= 11 is 5.75. The van der Waals surface area contributed by atoms with Crippen molar-refractivity contribution in [2.75, 3.05) is 0 Å². The smallest absolute Gasteiger partial charge is 0.113 e. The maximum atomic E-state index is 8.44. The van der Waals surface area contributed by atoms with Gasteiger partial charge in [-0.05, 0) is 6.92 Å². The summed E-state index contributed by atoms with van der Waals surface area (Å²) in [5.74, 6) is 0. The molecule has 0 spiro atoms. The Labute approximate surface area is 75.5 Å². The number of nitrogens with zero attached hydrogens (tertiary/aromatic N) is 3. The number of halogens is 1. The van der Waals surface area contributed by atoms with Gasteiger partial charge in [-0.25, -0.2) is 0 Å². The van der Waals surface area contributed by atoms with E-state index in [9.17, 15) is 0 Å². The molecule has 0 saturated heterocycles. The lowest BCUT2D eigenvalue weighted by atomic mass is 10.3. The number of nitrogens with two attached hydrogens (primary N) is 1. The Morgan fingerprint density at radius 3 is 3.00 bits per heavy atom. The van der Waals surface area contributed by atoms with Gasteiger partial charge in [0.25, 0.3) is 0 Å². The van der Waals surface area contributed by atoms with Gasteiger partial charge in [-0.15, -0.1) is 0 Å². The molecule has 1 aromatic rings. The highest BCUT2D eigenvalue weighted by atomic mass is 35.5. The van der Waals surface area contributed by atoms with Crippen LogP contribution in [0.5, 0.6) is 0 Å². The molecule has 1 heterocycles. The molecule has 0 aliphatic rings. The van der Waals surface area contributed by atoms with Crippen LogP contribution in [-0.2, 0) is 6.54 Å². The molecular weight excluding hydrogens is 176 g/mol. The van der Waals surface area contributed by atoms with Crippen molar-refractivity contribution in [3.05, 3.63) is 16.9 Å². The molecule has 1 aromatic heterocycles. The quantitative estimate of drug-likeness (QED) is 0.736. The van der Waals surface area contributed by atoms with Crippen LogP contribution < -0.4 is 5.73 Å². The lowest BCUT2D eigenvalue weighted by Gasteiger charge is -2.04. The van der Waals surface area contributed by atoms with Gasteiger partial charge in [-0.3, -0.25) is 4.68 Å². The maximum Gasteiger partial charge on any atom is 0.113 e. The first-order valence-electron chi connectivity index (χ1n) is 3.48. The zero-order chi connectivity index (χ0) is 9.14. The molecule has 2 N–H and O–H groups in total. The van der Waals surface area contributed by atoms with E-state index in [1.807, 2.05) is 13.0 Å². The molecule has 0 aromatic carbocycles. The summed E-state index contributed by atoms with van der Waals surface area (Å²) in [5, 5.41) is 13.0. The molecule has 4 nitrogen and oxygen atoms in total. The second kappa shape index (κ2) is 3.57. The van der Waals surface area contributed by atoms with E-state index in [1.165, 1.54) is 0 Å². The second-order valence-electron chi connectivity index (χ2n) is 2.50. The minimum atomic E-state index is -0.528. The van der Waals surface area contributed by atoms with Crippen molar-refractivity contribution in [2.45, 2.75) is 19.5 Å². The van der Waals surface area contributed by atoms with Gasteiger partial charge in [-0.2, -0.15) is 10.4 Å². The molecule has 5 heteroatoms. The second-order valence-corrected chi connectivity index (χ2v) is 2.90. The zero-order valence-corrected chi connectivity index (χ0v) is 7.41. The Bertz CT molecular complexity index is 312. The van der Waals surface area contributed by atoms with Gasteiger partial charge in [0.1, 0.15) is 6.04 Å². The summed E-state index contributed by atoms with van der Waals surface area (Å²) < 4.78 is 1.62. The van der Waals surface area contributed by atoms with Crippen LogP contribution in [0.2, 0.25) is 5.02 Å². The third-order valence-corrected chi connectivity index (χ3v) is 1.95. The van der Waals surface area contributed by atoms with Gasteiger partial charge in [0.05, 0.1) is 29.5 Å². The number of hydrogen-bond donors (Lipinski definition) is 1. The lowest BCUT2D eigenvalue weighted by molar-refractivity contribution is 0.561. The largest absolute Gasteiger partial charge is 0.314 e. The van der Waals surface area contributed by atoms with E-state index in [2.05, 4.69) is 5.10 Å². The van der Waals surface area contributed by atoms with Crippen molar-refractivity contribution < 1.29 is 0 Å². The normalized spacial score (nSPS) is 12.5. The fraction of sp³-hybridized carbons (Fsp3) is 0.429.